The first-order valence-electron chi connectivity index (χ1n) is 5.51. The van der Waals surface area contributed by atoms with Crippen molar-refractivity contribution < 1.29 is 8.42 Å². The molecule has 1 aromatic carbocycles. The van der Waals surface area contributed by atoms with Crippen molar-refractivity contribution in [2.75, 3.05) is 6.26 Å². The van der Waals surface area contributed by atoms with Gasteiger partial charge in [0.1, 0.15) is 0 Å². The molecule has 1 atom stereocenters. The van der Waals surface area contributed by atoms with Crippen LogP contribution in [0, 0.1) is 0 Å². The molecule has 96 valence electrons. The summed E-state index contributed by atoms with van der Waals surface area (Å²) in [6.45, 7) is 3.71. The standard InChI is InChI=1S/C13H14BrNO2S/c1-3-6-13-11-8-5-4-7-10(11)12(14)9-15(13)18(2,16)17/h3-5,7-9,13H,1,6H2,2H3. The molecule has 18 heavy (non-hydrogen) atoms. The summed E-state index contributed by atoms with van der Waals surface area (Å²) in [6.07, 6.45) is 5.17. The van der Waals surface area contributed by atoms with Crippen LogP contribution in [0.3, 0.4) is 0 Å². The monoisotopic (exact) mass is 327 g/mol. The Hall–Kier alpha value is -1.07. The highest BCUT2D eigenvalue weighted by atomic mass is 79.9. The van der Waals surface area contributed by atoms with Gasteiger partial charge in [0.15, 0.2) is 0 Å². The summed E-state index contributed by atoms with van der Waals surface area (Å²) in [5, 5.41) is 0. The van der Waals surface area contributed by atoms with Gasteiger partial charge >= 0.3 is 0 Å². The molecule has 0 saturated heterocycles. The smallest absolute Gasteiger partial charge is 0.232 e. The van der Waals surface area contributed by atoms with E-state index in [1.54, 1.807) is 12.3 Å². The summed E-state index contributed by atoms with van der Waals surface area (Å²) in [5.74, 6) is 0. The molecule has 1 aliphatic rings. The van der Waals surface area contributed by atoms with Gasteiger partial charge in [-0.15, -0.1) is 6.58 Å². The average Bonchev–Trinajstić information content (AvgIpc) is 2.31. The lowest BCUT2D eigenvalue weighted by Gasteiger charge is -2.33. The third-order valence-electron chi connectivity index (χ3n) is 2.90. The minimum atomic E-state index is -3.29. The zero-order valence-corrected chi connectivity index (χ0v) is 12.4. The maximum atomic E-state index is 11.9. The summed E-state index contributed by atoms with van der Waals surface area (Å²) >= 11 is 3.43. The lowest BCUT2D eigenvalue weighted by atomic mass is 9.95. The van der Waals surface area contributed by atoms with E-state index in [4.69, 9.17) is 0 Å². The number of benzene rings is 1. The molecule has 0 amide bonds. The average molecular weight is 328 g/mol. The van der Waals surface area contributed by atoms with Gasteiger partial charge in [0.25, 0.3) is 0 Å². The SMILES string of the molecule is C=CCC1c2ccccc2C(Br)=CN1S(C)(=O)=O. The number of rotatable bonds is 3. The second-order valence-corrected chi connectivity index (χ2v) is 6.94. The second-order valence-electron chi connectivity index (χ2n) is 4.20. The first-order chi connectivity index (χ1) is 8.45. The van der Waals surface area contributed by atoms with Gasteiger partial charge in [-0.2, -0.15) is 0 Å². The van der Waals surface area contributed by atoms with Crippen molar-refractivity contribution in [3.8, 4) is 0 Å². The van der Waals surface area contributed by atoms with E-state index in [-0.39, 0.29) is 6.04 Å². The third kappa shape index (κ3) is 2.37. The maximum absolute atomic E-state index is 11.9. The highest BCUT2D eigenvalue weighted by Gasteiger charge is 2.30. The van der Waals surface area contributed by atoms with E-state index in [2.05, 4.69) is 22.5 Å². The molecule has 0 aromatic heterocycles. The van der Waals surface area contributed by atoms with Crippen LogP contribution in [0.5, 0.6) is 0 Å². The lowest BCUT2D eigenvalue weighted by Crippen LogP contribution is -2.32. The van der Waals surface area contributed by atoms with Crippen LogP contribution in [0.25, 0.3) is 4.48 Å². The van der Waals surface area contributed by atoms with Crippen molar-refractivity contribution in [2.24, 2.45) is 0 Å². The Bertz CT molecular complexity index is 607. The number of sulfonamides is 1. The fourth-order valence-electron chi connectivity index (χ4n) is 2.13. The van der Waals surface area contributed by atoms with E-state index in [9.17, 15) is 8.42 Å². The molecule has 3 nitrogen and oxygen atoms in total. The van der Waals surface area contributed by atoms with Gasteiger partial charge in [-0.1, -0.05) is 30.3 Å². The largest absolute Gasteiger partial charge is 0.269 e. The molecular weight excluding hydrogens is 314 g/mol. The second kappa shape index (κ2) is 4.90. The minimum absolute atomic E-state index is 0.213. The molecule has 1 heterocycles. The van der Waals surface area contributed by atoms with Gasteiger partial charge in [-0.05, 0) is 33.5 Å². The number of fused-ring (bicyclic) bond motifs is 1. The van der Waals surface area contributed by atoms with Crippen LogP contribution in [0.2, 0.25) is 0 Å². The molecule has 0 spiro atoms. The van der Waals surface area contributed by atoms with Crippen molar-refractivity contribution in [3.63, 3.8) is 0 Å². The zero-order chi connectivity index (χ0) is 13.3. The Morgan fingerprint density at radius 2 is 2.11 bits per heavy atom. The number of nitrogens with zero attached hydrogens (tertiary/aromatic N) is 1. The molecule has 1 unspecified atom stereocenters. The maximum Gasteiger partial charge on any atom is 0.232 e. The number of hydrogen-bond donors (Lipinski definition) is 0. The highest BCUT2D eigenvalue weighted by molar-refractivity contribution is 9.15. The van der Waals surface area contributed by atoms with Crippen LogP contribution < -0.4 is 0 Å². The molecule has 2 rings (SSSR count). The molecule has 0 radical (unpaired) electrons. The first-order valence-corrected chi connectivity index (χ1v) is 8.15. The fourth-order valence-corrected chi connectivity index (χ4v) is 3.80. The molecule has 1 aliphatic heterocycles. The molecule has 5 heteroatoms. The van der Waals surface area contributed by atoms with Crippen LogP contribution in [0.1, 0.15) is 23.6 Å². The predicted molar refractivity (Wildman–Crippen MR) is 77.6 cm³/mol. The molecule has 0 saturated carbocycles. The van der Waals surface area contributed by atoms with E-state index in [0.29, 0.717) is 6.42 Å². The van der Waals surface area contributed by atoms with Gasteiger partial charge in [-0.3, -0.25) is 4.31 Å². The van der Waals surface area contributed by atoms with E-state index in [0.717, 1.165) is 15.6 Å². The van der Waals surface area contributed by atoms with Crippen LogP contribution >= 0.6 is 15.9 Å². The first kappa shape index (κ1) is 13.4. The van der Waals surface area contributed by atoms with E-state index >= 15 is 0 Å². The summed E-state index contributed by atoms with van der Waals surface area (Å²) in [6, 6.07) is 7.58. The molecule has 0 bridgehead atoms. The lowest BCUT2D eigenvalue weighted by molar-refractivity contribution is 0.409. The Kier molecular flexibility index (Phi) is 3.64. The molecule has 0 fully saturated rings. The summed E-state index contributed by atoms with van der Waals surface area (Å²) < 4.78 is 25.9. The van der Waals surface area contributed by atoms with Gasteiger partial charge in [0.2, 0.25) is 10.0 Å². The summed E-state index contributed by atoms with van der Waals surface area (Å²) in [7, 11) is -3.29. The predicted octanol–water partition coefficient (Wildman–Crippen LogP) is 3.27. The number of hydrogen-bond acceptors (Lipinski definition) is 2. The molecular formula is C13H14BrNO2S. The van der Waals surface area contributed by atoms with Crippen LogP contribution in [-0.2, 0) is 10.0 Å². The van der Waals surface area contributed by atoms with E-state index in [1.165, 1.54) is 10.6 Å². The number of halogens is 1. The fraction of sp³-hybridized carbons (Fsp3) is 0.231. The minimum Gasteiger partial charge on any atom is -0.269 e. The Morgan fingerprint density at radius 1 is 1.44 bits per heavy atom. The van der Waals surface area contributed by atoms with Crippen LogP contribution in [-0.4, -0.2) is 19.0 Å². The van der Waals surface area contributed by atoms with Gasteiger partial charge in [-0.25, -0.2) is 8.42 Å². The van der Waals surface area contributed by atoms with Gasteiger partial charge < -0.3 is 0 Å². The van der Waals surface area contributed by atoms with Crippen molar-refractivity contribution in [1.82, 2.24) is 4.31 Å². The van der Waals surface area contributed by atoms with Crippen LogP contribution in [0.4, 0.5) is 0 Å². The summed E-state index contributed by atoms with van der Waals surface area (Å²) in [4.78, 5) is 0. The topological polar surface area (TPSA) is 37.4 Å². The zero-order valence-electron chi connectivity index (χ0n) is 10.0. The van der Waals surface area contributed by atoms with Crippen LogP contribution in [0.15, 0.2) is 43.1 Å². The Balaban J connectivity index is 2.61. The van der Waals surface area contributed by atoms with E-state index in [1.807, 2.05) is 24.3 Å². The van der Waals surface area contributed by atoms with Crippen molar-refractivity contribution in [1.29, 1.82) is 0 Å². The van der Waals surface area contributed by atoms with Crippen molar-refractivity contribution in [2.45, 2.75) is 12.5 Å². The molecule has 0 aliphatic carbocycles. The van der Waals surface area contributed by atoms with Crippen molar-refractivity contribution >= 4 is 30.4 Å². The van der Waals surface area contributed by atoms with E-state index < -0.39 is 10.0 Å². The summed E-state index contributed by atoms with van der Waals surface area (Å²) in [5.41, 5.74) is 2.03. The van der Waals surface area contributed by atoms with Crippen molar-refractivity contribution in [3.05, 3.63) is 54.2 Å². The molecule has 0 N–H and O–H groups in total. The van der Waals surface area contributed by atoms with Gasteiger partial charge in [0.05, 0.1) is 12.3 Å². The Labute approximate surface area is 116 Å². The normalized spacial score (nSPS) is 19.1. The quantitative estimate of drug-likeness (QED) is 0.799. The highest BCUT2D eigenvalue weighted by Crippen LogP contribution is 2.40. The third-order valence-corrected chi connectivity index (χ3v) is 4.66. The Morgan fingerprint density at radius 3 is 2.72 bits per heavy atom. The van der Waals surface area contributed by atoms with Gasteiger partial charge in [0, 0.05) is 10.7 Å². The molecule has 1 aromatic rings.